The molecule has 3 heteroatoms. The fourth-order valence-electron chi connectivity index (χ4n) is 0.521. The largest absolute Gasteiger partial charge is 0.303 e. The Morgan fingerprint density at radius 2 is 2.10 bits per heavy atom. The Hall–Kier alpha value is 1.04. The fraction of sp³-hybridized carbons (Fsp3) is 1.00. The third kappa shape index (κ3) is 5.80. The Balaban J connectivity index is 3.13. The van der Waals surface area contributed by atoms with E-state index in [1.54, 1.807) is 0 Å². The zero-order valence-electron chi connectivity index (χ0n) is 6.93. The predicted molar refractivity (Wildman–Crippen MR) is 59.1 cm³/mol. The van der Waals surface area contributed by atoms with E-state index in [4.69, 9.17) is 0 Å². The van der Waals surface area contributed by atoms with E-state index in [0.717, 1.165) is 0 Å². The molecule has 0 fully saturated rings. The number of nitrogens with zero attached hydrogens (tertiary/aromatic N) is 1. The van der Waals surface area contributed by atoms with Gasteiger partial charge in [-0.2, -0.15) is 0 Å². The Kier molecular flexibility index (Phi) is 7.43. The SMILES string of the molecule is CC(C)N(C)CCSCI. The van der Waals surface area contributed by atoms with E-state index in [9.17, 15) is 0 Å². The molecule has 0 spiro atoms. The van der Waals surface area contributed by atoms with Crippen LogP contribution in [0.4, 0.5) is 0 Å². The second kappa shape index (κ2) is 6.73. The van der Waals surface area contributed by atoms with Crippen LogP contribution < -0.4 is 0 Å². The molecule has 0 amide bonds. The van der Waals surface area contributed by atoms with Gasteiger partial charge in [-0.1, -0.05) is 22.6 Å². The first-order valence-corrected chi connectivity index (χ1v) is 6.20. The lowest BCUT2D eigenvalue weighted by Crippen LogP contribution is -2.28. The van der Waals surface area contributed by atoms with Crippen LogP contribution in [-0.2, 0) is 0 Å². The molecule has 1 nitrogen and oxygen atoms in total. The van der Waals surface area contributed by atoms with Crippen LogP contribution in [0.2, 0.25) is 0 Å². The van der Waals surface area contributed by atoms with Crippen LogP contribution in [0.3, 0.4) is 0 Å². The lowest BCUT2D eigenvalue weighted by atomic mass is 10.3. The summed E-state index contributed by atoms with van der Waals surface area (Å²) in [6.07, 6.45) is 0. The minimum absolute atomic E-state index is 0.690. The van der Waals surface area contributed by atoms with Gasteiger partial charge in [0, 0.05) is 22.1 Å². The van der Waals surface area contributed by atoms with Crippen molar-refractivity contribution in [1.82, 2.24) is 4.90 Å². The standard InChI is InChI=1S/C7H16INS/c1-7(2)9(3)4-5-10-6-8/h7H,4-6H2,1-3H3. The molecule has 0 aromatic rings. The van der Waals surface area contributed by atoms with E-state index in [0.29, 0.717) is 6.04 Å². The van der Waals surface area contributed by atoms with Crippen LogP contribution in [0.25, 0.3) is 0 Å². The van der Waals surface area contributed by atoms with Gasteiger partial charge in [0.1, 0.15) is 0 Å². The molecule has 0 saturated carbocycles. The van der Waals surface area contributed by atoms with Gasteiger partial charge in [0.25, 0.3) is 0 Å². The van der Waals surface area contributed by atoms with Gasteiger partial charge in [-0.05, 0) is 20.9 Å². The minimum atomic E-state index is 0.690. The van der Waals surface area contributed by atoms with Crippen LogP contribution in [0.5, 0.6) is 0 Å². The van der Waals surface area contributed by atoms with Crippen molar-refractivity contribution < 1.29 is 0 Å². The van der Waals surface area contributed by atoms with Crippen molar-refractivity contribution in [2.24, 2.45) is 0 Å². The first-order chi connectivity index (χ1) is 4.68. The van der Waals surface area contributed by atoms with Crippen LogP contribution in [0.1, 0.15) is 13.8 Å². The third-order valence-electron chi connectivity index (χ3n) is 1.55. The van der Waals surface area contributed by atoms with Crippen LogP contribution in [-0.4, -0.2) is 34.0 Å². The Bertz CT molecular complexity index is 78.0. The average Bonchev–Trinajstić information content (AvgIpc) is 1.88. The monoisotopic (exact) mass is 273 g/mol. The molecule has 0 rings (SSSR count). The molecule has 0 aliphatic rings. The first kappa shape index (κ1) is 11.0. The van der Waals surface area contributed by atoms with Gasteiger partial charge < -0.3 is 4.90 Å². The topological polar surface area (TPSA) is 3.24 Å². The molecule has 0 heterocycles. The first-order valence-electron chi connectivity index (χ1n) is 3.52. The lowest BCUT2D eigenvalue weighted by molar-refractivity contribution is 0.291. The number of rotatable bonds is 5. The Morgan fingerprint density at radius 3 is 2.50 bits per heavy atom. The van der Waals surface area contributed by atoms with E-state index in [2.05, 4.69) is 48.4 Å². The molecule has 0 aliphatic carbocycles. The van der Waals surface area contributed by atoms with Gasteiger partial charge in [0.05, 0.1) is 0 Å². The number of alkyl halides is 1. The van der Waals surface area contributed by atoms with E-state index in [-0.39, 0.29) is 0 Å². The third-order valence-corrected chi connectivity index (χ3v) is 3.49. The second-order valence-electron chi connectivity index (χ2n) is 2.59. The molecular weight excluding hydrogens is 257 g/mol. The highest BCUT2D eigenvalue weighted by atomic mass is 127. The second-order valence-corrected chi connectivity index (χ2v) is 5.49. The fourth-order valence-corrected chi connectivity index (χ4v) is 1.98. The van der Waals surface area contributed by atoms with Crippen molar-refractivity contribution in [1.29, 1.82) is 0 Å². The van der Waals surface area contributed by atoms with Crippen LogP contribution in [0.15, 0.2) is 0 Å². The average molecular weight is 273 g/mol. The van der Waals surface area contributed by atoms with E-state index in [1.165, 1.54) is 16.1 Å². The maximum absolute atomic E-state index is 2.40. The maximum atomic E-state index is 2.40. The van der Waals surface area contributed by atoms with Crippen molar-refractivity contribution >= 4 is 34.4 Å². The zero-order valence-corrected chi connectivity index (χ0v) is 9.91. The molecule has 0 aromatic heterocycles. The highest BCUT2D eigenvalue weighted by molar-refractivity contribution is 14.1. The number of hydrogen-bond acceptors (Lipinski definition) is 2. The quantitative estimate of drug-likeness (QED) is 0.430. The molecule has 0 aromatic carbocycles. The van der Waals surface area contributed by atoms with Crippen molar-refractivity contribution in [3.8, 4) is 0 Å². The molecule has 0 saturated heterocycles. The zero-order chi connectivity index (χ0) is 7.98. The normalized spacial score (nSPS) is 11.4. The smallest absolute Gasteiger partial charge is 0.0454 e. The molecule has 0 atom stereocenters. The summed E-state index contributed by atoms with van der Waals surface area (Å²) in [6.45, 7) is 5.68. The van der Waals surface area contributed by atoms with E-state index >= 15 is 0 Å². The summed E-state index contributed by atoms with van der Waals surface area (Å²) in [5.41, 5.74) is 0. The van der Waals surface area contributed by atoms with Crippen molar-refractivity contribution in [3.63, 3.8) is 0 Å². The summed E-state index contributed by atoms with van der Waals surface area (Å²) < 4.78 is 1.21. The molecule has 62 valence electrons. The Morgan fingerprint density at radius 1 is 1.50 bits per heavy atom. The van der Waals surface area contributed by atoms with Gasteiger partial charge in [0.2, 0.25) is 0 Å². The predicted octanol–water partition coefficient (Wildman–Crippen LogP) is 2.45. The summed E-state index contributed by atoms with van der Waals surface area (Å²) in [5.74, 6) is 1.26. The molecule has 10 heavy (non-hydrogen) atoms. The number of thioether (sulfide) groups is 1. The van der Waals surface area contributed by atoms with Crippen LogP contribution >= 0.6 is 34.4 Å². The molecule has 0 unspecified atom stereocenters. The number of halogens is 1. The molecular formula is C7H16INS. The Labute approximate surface area is 82.1 Å². The van der Waals surface area contributed by atoms with Gasteiger partial charge >= 0.3 is 0 Å². The van der Waals surface area contributed by atoms with Gasteiger partial charge in [0.15, 0.2) is 0 Å². The highest BCUT2D eigenvalue weighted by Gasteiger charge is 2.00. The van der Waals surface area contributed by atoms with Gasteiger partial charge in [-0.3, -0.25) is 0 Å². The van der Waals surface area contributed by atoms with Gasteiger partial charge in [-0.15, -0.1) is 11.8 Å². The molecule has 0 bridgehead atoms. The van der Waals surface area contributed by atoms with Crippen molar-refractivity contribution in [2.45, 2.75) is 19.9 Å². The van der Waals surface area contributed by atoms with Crippen LogP contribution in [0, 0.1) is 0 Å². The lowest BCUT2D eigenvalue weighted by Gasteiger charge is -2.19. The molecule has 0 N–H and O–H groups in total. The number of hydrogen-bond donors (Lipinski definition) is 0. The summed E-state index contributed by atoms with van der Waals surface area (Å²) in [5, 5.41) is 0. The summed E-state index contributed by atoms with van der Waals surface area (Å²) in [6, 6.07) is 0.690. The highest BCUT2D eigenvalue weighted by Crippen LogP contribution is 2.05. The van der Waals surface area contributed by atoms with Crippen molar-refractivity contribution in [2.75, 3.05) is 23.1 Å². The van der Waals surface area contributed by atoms with Gasteiger partial charge in [-0.25, -0.2) is 0 Å². The van der Waals surface area contributed by atoms with E-state index < -0.39 is 0 Å². The van der Waals surface area contributed by atoms with E-state index in [1.807, 2.05) is 11.8 Å². The summed E-state index contributed by atoms with van der Waals surface area (Å²) >= 11 is 4.39. The minimum Gasteiger partial charge on any atom is -0.303 e. The van der Waals surface area contributed by atoms with Crippen molar-refractivity contribution in [3.05, 3.63) is 0 Å². The summed E-state index contributed by atoms with van der Waals surface area (Å²) in [7, 11) is 2.18. The summed E-state index contributed by atoms with van der Waals surface area (Å²) in [4.78, 5) is 2.37. The molecule has 0 radical (unpaired) electrons. The maximum Gasteiger partial charge on any atom is 0.0454 e. The molecule has 0 aliphatic heterocycles.